The molecular formula is C13H18ClN3O. The van der Waals surface area contributed by atoms with Crippen LogP contribution in [-0.4, -0.2) is 36.7 Å². The van der Waals surface area contributed by atoms with Crippen LogP contribution in [0.3, 0.4) is 0 Å². The Kier molecular flexibility index (Phi) is 4.87. The number of halogens is 1. The SMILES string of the molecule is C[C@@H](CC(=N)c1ccc(Cl)c(C(N)=O)c1)N(C)C. The third-order valence-corrected chi connectivity index (χ3v) is 3.29. The minimum atomic E-state index is -0.574. The Labute approximate surface area is 112 Å². The number of benzene rings is 1. The number of carbonyl (C=O) groups is 1. The van der Waals surface area contributed by atoms with Crippen LogP contribution in [-0.2, 0) is 0 Å². The second-order valence-corrected chi connectivity index (χ2v) is 4.96. The molecule has 0 aromatic heterocycles. The first-order valence-electron chi connectivity index (χ1n) is 5.66. The van der Waals surface area contributed by atoms with Gasteiger partial charge in [0.1, 0.15) is 0 Å². The molecule has 18 heavy (non-hydrogen) atoms. The van der Waals surface area contributed by atoms with E-state index < -0.39 is 5.91 Å². The molecule has 5 heteroatoms. The van der Waals surface area contributed by atoms with Gasteiger partial charge in [0.2, 0.25) is 5.91 Å². The Morgan fingerprint density at radius 3 is 2.61 bits per heavy atom. The number of nitrogens with one attached hydrogen (secondary N) is 1. The number of nitrogens with zero attached hydrogens (tertiary/aromatic N) is 1. The van der Waals surface area contributed by atoms with Gasteiger partial charge in [0.25, 0.3) is 0 Å². The smallest absolute Gasteiger partial charge is 0.250 e. The summed E-state index contributed by atoms with van der Waals surface area (Å²) in [6.07, 6.45) is 0.604. The standard InChI is InChI=1S/C13H18ClN3O/c1-8(17(2)3)6-12(15)9-4-5-11(14)10(7-9)13(16)18/h4-5,7-8,15H,6H2,1-3H3,(H2,16,18)/t8-/m0/s1. The zero-order valence-corrected chi connectivity index (χ0v) is 11.6. The van der Waals surface area contributed by atoms with Gasteiger partial charge < -0.3 is 16.0 Å². The molecule has 0 spiro atoms. The summed E-state index contributed by atoms with van der Waals surface area (Å²) < 4.78 is 0. The summed E-state index contributed by atoms with van der Waals surface area (Å²) in [6, 6.07) is 5.17. The van der Waals surface area contributed by atoms with Crippen molar-refractivity contribution < 1.29 is 4.79 Å². The summed E-state index contributed by atoms with van der Waals surface area (Å²) in [5.41, 5.74) is 6.64. The molecule has 3 N–H and O–H groups in total. The van der Waals surface area contributed by atoms with Gasteiger partial charge in [-0.05, 0) is 38.7 Å². The summed E-state index contributed by atoms with van der Waals surface area (Å²) in [5, 5.41) is 8.36. The zero-order valence-electron chi connectivity index (χ0n) is 10.8. The predicted molar refractivity (Wildman–Crippen MR) is 74.6 cm³/mol. The molecule has 1 aromatic carbocycles. The van der Waals surface area contributed by atoms with Crippen LogP contribution in [0.25, 0.3) is 0 Å². The molecule has 0 bridgehead atoms. The molecule has 1 rings (SSSR count). The summed E-state index contributed by atoms with van der Waals surface area (Å²) >= 11 is 5.87. The molecule has 0 aliphatic rings. The van der Waals surface area contributed by atoms with Crippen molar-refractivity contribution in [2.45, 2.75) is 19.4 Å². The molecule has 0 heterocycles. The highest BCUT2D eigenvalue weighted by atomic mass is 35.5. The Bertz CT molecular complexity index is 471. The summed E-state index contributed by atoms with van der Waals surface area (Å²) in [4.78, 5) is 13.2. The molecule has 0 aliphatic heterocycles. The van der Waals surface area contributed by atoms with Gasteiger partial charge in [0, 0.05) is 18.2 Å². The van der Waals surface area contributed by atoms with E-state index in [1.807, 2.05) is 25.9 Å². The van der Waals surface area contributed by atoms with E-state index in [1.54, 1.807) is 18.2 Å². The fourth-order valence-electron chi connectivity index (χ4n) is 1.50. The molecule has 1 amide bonds. The van der Waals surface area contributed by atoms with Crippen molar-refractivity contribution in [2.75, 3.05) is 14.1 Å². The van der Waals surface area contributed by atoms with Crippen molar-refractivity contribution in [3.05, 3.63) is 34.3 Å². The molecule has 0 radical (unpaired) electrons. The molecule has 0 saturated carbocycles. The van der Waals surface area contributed by atoms with Crippen LogP contribution in [0.5, 0.6) is 0 Å². The van der Waals surface area contributed by atoms with E-state index in [1.165, 1.54) is 0 Å². The third-order valence-electron chi connectivity index (χ3n) is 2.96. The van der Waals surface area contributed by atoms with Crippen LogP contribution in [0.1, 0.15) is 29.3 Å². The molecule has 0 saturated heterocycles. The van der Waals surface area contributed by atoms with Crippen molar-refractivity contribution >= 4 is 23.2 Å². The zero-order chi connectivity index (χ0) is 13.9. The summed E-state index contributed by atoms with van der Waals surface area (Å²) in [6.45, 7) is 2.04. The van der Waals surface area contributed by atoms with E-state index in [9.17, 15) is 4.79 Å². The highest BCUT2D eigenvalue weighted by molar-refractivity contribution is 6.34. The minimum absolute atomic E-state index is 0.255. The minimum Gasteiger partial charge on any atom is -0.366 e. The monoisotopic (exact) mass is 267 g/mol. The van der Waals surface area contributed by atoms with Gasteiger partial charge >= 0.3 is 0 Å². The maximum absolute atomic E-state index is 11.2. The van der Waals surface area contributed by atoms with E-state index in [2.05, 4.69) is 0 Å². The number of hydrogen-bond acceptors (Lipinski definition) is 3. The molecule has 1 aromatic rings. The van der Waals surface area contributed by atoms with Gasteiger partial charge in [-0.15, -0.1) is 0 Å². The lowest BCUT2D eigenvalue weighted by Crippen LogP contribution is -2.27. The molecule has 0 aliphatic carbocycles. The largest absolute Gasteiger partial charge is 0.366 e. The lowest BCUT2D eigenvalue weighted by Gasteiger charge is -2.20. The number of rotatable bonds is 5. The second-order valence-electron chi connectivity index (χ2n) is 4.55. The Morgan fingerprint density at radius 1 is 1.50 bits per heavy atom. The van der Waals surface area contributed by atoms with Crippen molar-refractivity contribution in [1.82, 2.24) is 4.90 Å². The van der Waals surface area contributed by atoms with E-state index >= 15 is 0 Å². The maximum Gasteiger partial charge on any atom is 0.250 e. The molecule has 0 fully saturated rings. The summed E-state index contributed by atoms with van der Waals surface area (Å²) in [5.74, 6) is -0.574. The van der Waals surface area contributed by atoms with Crippen LogP contribution < -0.4 is 5.73 Å². The van der Waals surface area contributed by atoms with Gasteiger partial charge in [-0.1, -0.05) is 17.7 Å². The first kappa shape index (κ1) is 14.7. The van der Waals surface area contributed by atoms with Crippen LogP contribution in [0.15, 0.2) is 18.2 Å². The third kappa shape index (κ3) is 3.55. The highest BCUT2D eigenvalue weighted by Gasteiger charge is 2.13. The molecular weight excluding hydrogens is 250 g/mol. The van der Waals surface area contributed by atoms with Crippen molar-refractivity contribution in [3.8, 4) is 0 Å². The van der Waals surface area contributed by atoms with E-state index in [4.69, 9.17) is 22.7 Å². The number of amides is 1. The van der Waals surface area contributed by atoms with Crippen molar-refractivity contribution in [2.24, 2.45) is 5.73 Å². The topological polar surface area (TPSA) is 70.2 Å². The van der Waals surface area contributed by atoms with Gasteiger partial charge in [0.05, 0.1) is 10.6 Å². The van der Waals surface area contributed by atoms with Gasteiger partial charge in [0.15, 0.2) is 0 Å². The van der Waals surface area contributed by atoms with Gasteiger partial charge in [-0.2, -0.15) is 0 Å². The van der Waals surface area contributed by atoms with E-state index in [0.717, 1.165) is 0 Å². The Hall–Kier alpha value is -1.39. The van der Waals surface area contributed by atoms with Gasteiger partial charge in [-0.3, -0.25) is 4.79 Å². The highest BCUT2D eigenvalue weighted by Crippen LogP contribution is 2.18. The maximum atomic E-state index is 11.2. The predicted octanol–water partition coefficient (Wildman–Crippen LogP) is 2.15. The first-order valence-corrected chi connectivity index (χ1v) is 6.04. The second kappa shape index (κ2) is 5.98. The summed E-state index contributed by atoms with van der Waals surface area (Å²) in [7, 11) is 3.93. The van der Waals surface area contributed by atoms with E-state index in [0.29, 0.717) is 22.7 Å². The van der Waals surface area contributed by atoms with E-state index in [-0.39, 0.29) is 11.6 Å². The van der Waals surface area contributed by atoms with Crippen LogP contribution in [0.2, 0.25) is 5.02 Å². The fraction of sp³-hybridized carbons (Fsp3) is 0.385. The molecule has 0 unspecified atom stereocenters. The number of primary amides is 1. The number of carbonyl (C=O) groups excluding carboxylic acids is 1. The molecule has 4 nitrogen and oxygen atoms in total. The van der Waals surface area contributed by atoms with Crippen LogP contribution in [0, 0.1) is 5.41 Å². The molecule has 98 valence electrons. The van der Waals surface area contributed by atoms with Crippen molar-refractivity contribution in [3.63, 3.8) is 0 Å². The van der Waals surface area contributed by atoms with Crippen LogP contribution >= 0.6 is 11.6 Å². The lowest BCUT2D eigenvalue weighted by molar-refractivity contribution is 0.100. The average molecular weight is 268 g/mol. The molecule has 1 atom stereocenters. The van der Waals surface area contributed by atoms with Crippen LogP contribution in [0.4, 0.5) is 0 Å². The van der Waals surface area contributed by atoms with Crippen molar-refractivity contribution in [1.29, 1.82) is 5.41 Å². The Balaban J connectivity index is 2.94. The normalized spacial score (nSPS) is 12.5. The number of hydrogen-bond donors (Lipinski definition) is 2. The lowest BCUT2D eigenvalue weighted by atomic mass is 10.0. The average Bonchev–Trinajstić information content (AvgIpc) is 2.28. The fourth-order valence-corrected chi connectivity index (χ4v) is 1.71. The first-order chi connectivity index (χ1) is 8.32. The number of nitrogens with two attached hydrogens (primary N) is 1. The van der Waals surface area contributed by atoms with Gasteiger partial charge in [-0.25, -0.2) is 0 Å². The Morgan fingerprint density at radius 2 is 2.11 bits per heavy atom. The quantitative estimate of drug-likeness (QED) is 0.803.